The molecule has 2 saturated heterocycles. The summed E-state index contributed by atoms with van der Waals surface area (Å²) in [4.78, 5) is 28.1. The molecule has 0 radical (unpaired) electrons. The smallest absolute Gasteiger partial charge is 0.417 e. The molecule has 2 aliphatic rings. The van der Waals surface area contributed by atoms with Crippen molar-refractivity contribution in [1.29, 1.82) is 0 Å². The maximum absolute atomic E-state index is 16.5. The third kappa shape index (κ3) is 5.49. The van der Waals surface area contributed by atoms with Gasteiger partial charge in [-0.25, -0.2) is 13.8 Å². The van der Waals surface area contributed by atoms with E-state index < -0.39 is 40.6 Å². The monoisotopic (exact) mass is 634 g/mol. The summed E-state index contributed by atoms with van der Waals surface area (Å²) in [6.45, 7) is 4.97. The lowest BCUT2D eigenvalue weighted by atomic mass is 9.95. The van der Waals surface area contributed by atoms with Crippen LogP contribution < -0.4 is 15.2 Å². The SMILES string of the molecule is C=CC(=O)N1CC[C@@H](Oc2nc(OC[C@@H]3CCCN3C)nc3c(F)c(-c4ccc(F)c5sc(N)nc45)c(C(F)(F)F)cc23)C1. The number of amides is 1. The molecule has 2 N–H and O–H groups in total. The van der Waals surface area contributed by atoms with Gasteiger partial charge in [-0.3, -0.25) is 4.79 Å². The number of aromatic nitrogens is 3. The Kier molecular flexibility index (Phi) is 7.78. The van der Waals surface area contributed by atoms with Crippen molar-refractivity contribution in [2.45, 2.75) is 37.6 Å². The van der Waals surface area contributed by atoms with Crippen LogP contribution in [-0.2, 0) is 11.0 Å². The van der Waals surface area contributed by atoms with Crippen LogP contribution in [-0.4, -0.2) is 76.1 Å². The average molecular weight is 635 g/mol. The van der Waals surface area contributed by atoms with Crippen LogP contribution >= 0.6 is 11.3 Å². The van der Waals surface area contributed by atoms with Crippen LogP contribution in [0.15, 0.2) is 30.9 Å². The van der Waals surface area contributed by atoms with E-state index in [0.717, 1.165) is 48.9 Å². The van der Waals surface area contributed by atoms with Crippen LogP contribution in [0, 0.1) is 11.6 Å². The third-order valence-corrected chi connectivity index (χ3v) is 8.84. The molecule has 2 aromatic heterocycles. The molecule has 232 valence electrons. The van der Waals surface area contributed by atoms with Crippen LogP contribution in [0.4, 0.5) is 27.1 Å². The van der Waals surface area contributed by atoms with Gasteiger partial charge in [0.1, 0.15) is 24.0 Å². The summed E-state index contributed by atoms with van der Waals surface area (Å²) < 4.78 is 86.7. The first-order valence-electron chi connectivity index (χ1n) is 13.8. The standard InChI is InChI=1S/C29H27F5N6O3S/c1-3-20(41)40-10-8-15(12-40)43-26-17-11-18(29(32,33)34)21(16-6-7-19(30)25-24(16)36-27(35)44-25)22(31)23(17)37-28(38-26)42-13-14-5-4-9-39(14)2/h3,6-7,11,14-15H,1,4-5,8-10,12-13H2,2H3,(H2,35,36)/t14-,15+/m0/s1. The van der Waals surface area contributed by atoms with Crippen molar-refractivity contribution >= 4 is 43.5 Å². The Balaban J connectivity index is 1.52. The minimum absolute atomic E-state index is 0.0441. The number of hydrogen-bond acceptors (Lipinski definition) is 9. The second-order valence-electron chi connectivity index (χ2n) is 10.7. The van der Waals surface area contributed by atoms with Gasteiger partial charge in [0.05, 0.1) is 27.7 Å². The molecule has 44 heavy (non-hydrogen) atoms. The number of thiazole rings is 1. The number of rotatable bonds is 7. The van der Waals surface area contributed by atoms with Crippen molar-refractivity contribution in [3.8, 4) is 23.0 Å². The van der Waals surface area contributed by atoms with Gasteiger partial charge in [0.2, 0.25) is 11.8 Å². The lowest BCUT2D eigenvalue weighted by Crippen LogP contribution is -2.31. The highest BCUT2D eigenvalue weighted by molar-refractivity contribution is 7.22. The number of benzene rings is 2. The predicted octanol–water partition coefficient (Wildman–Crippen LogP) is 5.42. The molecule has 0 saturated carbocycles. The zero-order valence-corrected chi connectivity index (χ0v) is 24.3. The molecule has 0 spiro atoms. The summed E-state index contributed by atoms with van der Waals surface area (Å²) in [6, 6.07) is 2.45. The molecular weight excluding hydrogens is 607 g/mol. The second-order valence-corrected chi connectivity index (χ2v) is 11.8. The predicted molar refractivity (Wildman–Crippen MR) is 154 cm³/mol. The highest BCUT2D eigenvalue weighted by atomic mass is 32.1. The molecular formula is C29H27F5N6O3S. The molecule has 0 bridgehead atoms. The molecule has 9 nitrogen and oxygen atoms in total. The molecule has 2 atom stereocenters. The molecule has 2 aromatic carbocycles. The summed E-state index contributed by atoms with van der Waals surface area (Å²) in [6.07, 6.45) is -2.36. The van der Waals surface area contributed by atoms with E-state index in [1.165, 1.54) is 4.90 Å². The van der Waals surface area contributed by atoms with Crippen LogP contribution in [0.25, 0.3) is 32.2 Å². The van der Waals surface area contributed by atoms with E-state index in [1.54, 1.807) is 0 Å². The van der Waals surface area contributed by atoms with E-state index >= 15 is 4.39 Å². The normalized spacial score (nSPS) is 19.3. The Labute approximate surface area is 252 Å². The fraction of sp³-hybridized carbons (Fsp3) is 0.379. The average Bonchev–Trinajstić information content (AvgIpc) is 3.72. The van der Waals surface area contributed by atoms with Crippen molar-refractivity contribution in [2.75, 3.05) is 39.0 Å². The van der Waals surface area contributed by atoms with Crippen molar-refractivity contribution < 1.29 is 36.2 Å². The molecule has 0 aliphatic carbocycles. The molecule has 2 aliphatic heterocycles. The van der Waals surface area contributed by atoms with Crippen LogP contribution in [0.3, 0.4) is 0 Å². The Morgan fingerprint density at radius 2 is 1.98 bits per heavy atom. The van der Waals surface area contributed by atoms with Crippen molar-refractivity contribution in [2.24, 2.45) is 0 Å². The number of carbonyl (C=O) groups is 1. The third-order valence-electron chi connectivity index (χ3n) is 7.95. The number of alkyl halides is 3. The first kappa shape index (κ1) is 29.9. The topological polar surface area (TPSA) is 107 Å². The Morgan fingerprint density at radius 3 is 2.68 bits per heavy atom. The highest BCUT2D eigenvalue weighted by Crippen LogP contribution is 2.46. The minimum atomic E-state index is -5.05. The summed E-state index contributed by atoms with van der Waals surface area (Å²) >= 11 is 0.740. The number of nitrogens with two attached hydrogens (primary N) is 1. The Bertz CT molecular complexity index is 1780. The van der Waals surface area contributed by atoms with Gasteiger partial charge in [-0.1, -0.05) is 17.9 Å². The van der Waals surface area contributed by atoms with E-state index in [4.69, 9.17) is 15.2 Å². The number of halogens is 5. The fourth-order valence-electron chi connectivity index (χ4n) is 5.69. The van der Waals surface area contributed by atoms with Gasteiger partial charge in [-0.2, -0.15) is 23.1 Å². The van der Waals surface area contributed by atoms with E-state index in [-0.39, 0.29) is 63.3 Å². The Morgan fingerprint density at radius 1 is 1.18 bits per heavy atom. The number of likely N-dealkylation sites (N-methyl/N-ethyl adjacent to an activating group) is 1. The molecule has 2 fully saturated rings. The maximum atomic E-state index is 16.5. The zero-order chi connectivity index (χ0) is 31.3. The van der Waals surface area contributed by atoms with Crippen molar-refractivity contribution in [1.82, 2.24) is 24.8 Å². The largest absolute Gasteiger partial charge is 0.472 e. The lowest BCUT2D eigenvalue weighted by Gasteiger charge is -2.21. The summed E-state index contributed by atoms with van der Waals surface area (Å²) in [5, 5.41) is -0.430. The van der Waals surface area contributed by atoms with Crippen molar-refractivity contribution in [3.63, 3.8) is 0 Å². The number of carbonyl (C=O) groups excluding carboxylic acids is 1. The number of nitrogen functional groups attached to an aromatic ring is 1. The van der Waals surface area contributed by atoms with Gasteiger partial charge in [0, 0.05) is 30.1 Å². The highest BCUT2D eigenvalue weighted by Gasteiger charge is 2.39. The molecule has 4 heterocycles. The van der Waals surface area contributed by atoms with Gasteiger partial charge < -0.3 is 25.0 Å². The van der Waals surface area contributed by atoms with E-state index in [0.29, 0.717) is 19.0 Å². The lowest BCUT2D eigenvalue weighted by molar-refractivity contribution is -0.137. The number of likely N-dealkylation sites (tertiary alicyclic amines) is 2. The summed E-state index contributed by atoms with van der Waals surface area (Å²) in [5.74, 6) is -2.73. The van der Waals surface area contributed by atoms with Crippen LogP contribution in [0.5, 0.6) is 11.9 Å². The van der Waals surface area contributed by atoms with E-state index in [9.17, 15) is 22.4 Å². The van der Waals surface area contributed by atoms with Crippen LogP contribution in [0.1, 0.15) is 24.8 Å². The first-order valence-corrected chi connectivity index (χ1v) is 14.6. The van der Waals surface area contributed by atoms with Gasteiger partial charge in [-0.15, -0.1) is 0 Å². The molecule has 0 unspecified atom stereocenters. The maximum Gasteiger partial charge on any atom is 0.417 e. The number of anilines is 1. The summed E-state index contributed by atoms with van der Waals surface area (Å²) in [5.41, 5.74) is 2.54. The Hall–Kier alpha value is -4.11. The zero-order valence-electron chi connectivity index (χ0n) is 23.5. The number of ether oxygens (including phenoxy) is 2. The second kappa shape index (κ2) is 11.4. The van der Waals surface area contributed by atoms with E-state index in [1.807, 2.05) is 7.05 Å². The van der Waals surface area contributed by atoms with Gasteiger partial charge >= 0.3 is 12.2 Å². The minimum Gasteiger partial charge on any atom is -0.472 e. The summed E-state index contributed by atoms with van der Waals surface area (Å²) in [7, 11) is 1.94. The fourth-order valence-corrected chi connectivity index (χ4v) is 6.45. The van der Waals surface area contributed by atoms with Crippen molar-refractivity contribution in [3.05, 3.63) is 48.1 Å². The quantitative estimate of drug-likeness (QED) is 0.212. The number of fused-ring (bicyclic) bond motifs is 2. The number of nitrogens with zero attached hydrogens (tertiary/aromatic N) is 5. The molecule has 4 aromatic rings. The van der Waals surface area contributed by atoms with Gasteiger partial charge in [-0.05, 0) is 50.7 Å². The van der Waals surface area contributed by atoms with Gasteiger partial charge in [0.15, 0.2) is 10.9 Å². The van der Waals surface area contributed by atoms with Crippen LogP contribution in [0.2, 0.25) is 0 Å². The van der Waals surface area contributed by atoms with E-state index in [2.05, 4.69) is 26.4 Å². The molecule has 1 amide bonds. The molecule has 6 rings (SSSR count). The number of hydrogen-bond donors (Lipinski definition) is 1. The van der Waals surface area contributed by atoms with Gasteiger partial charge in [0.25, 0.3) is 0 Å². The first-order chi connectivity index (χ1) is 20.9. The molecule has 15 heteroatoms.